The van der Waals surface area contributed by atoms with Gasteiger partial charge < -0.3 is 0 Å². The molecule has 0 heterocycles. The van der Waals surface area contributed by atoms with Crippen molar-refractivity contribution in [3.8, 4) is 0 Å². The van der Waals surface area contributed by atoms with Crippen molar-refractivity contribution < 1.29 is 9.78 Å². The standard InChI is InChI=1S/C10H22O2/c1-5-9-10(6-2,7-3)12-11-8-4/h5-9H2,1-4H3. The topological polar surface area (TPSA) is 18.5 Å². The van der Waals surface area contributed by atoms with Gasteiger partial charge in [0.25, 0.3) is 0 Å². The van der Waals surface area contributed by atoms with Gasteiger partial charge in [0.1, 0.15) is 5.60 Å². The third kappa shape index (κ3) is 3.55. The lowest BCUT2D eigenvalue weighted by Crippen LogP contribution is -2.31. The van der Waals surface area contributed by atoms with E-state index in [1.807, 2.05) is 6.92 Å². The third-order valence-corrected chi connectivity index (χ3v) is 2.35. The molecule has 0 amide bonds. The zero-order valence-electron chi connectivity index (χ0n) is 8.85. The molecule has 0 radical (unpaired) electrons. The van der Waals surface area contributed by atoms with E-state index >= 15 is 0 Å². The van der Waals surface area contributed by atoms with Crippen molar-refractivity contribution in [3.05, 3.63) is 0 Å². The van der Waals surface area contributed by atoms with E-state index in [2.05, 4.69) is 20.8 Å². The van der Waals surface area contributed by atoms with Crippen LogP contribution in [0.5, 0.6) is 0 Å². The molecule has 0 spiro atoms. The molecule has 0 saturated heterocycles. The Balaban J connectivity index is 3.95. The van der Waals surface area contributed by atoms with Crippen molar-refractivity contribution in [2.24, 2.45) is 0 Å². The molecule has 2 heteroatoms. The molecule has 0 aromatic carbocycles. The van der Waals surface area contributed by atoms with Crippen LogP contribution in [-0.2, 0) is 9.78 Å². The van der Waals surface area contributed by atoms with Crippen LogP contribution in [0.2, 0.25) is 0 Å². The second-order valence-corrected chi connectivity index (χ2v) is 3.13. The summed E-state index contributed by atoms with van der Waals surface area (Å²) in [7, 11) is 0. The van der Waals surface area contributed by atoms with Gasteiger partial charge in [-0.05, 0) is 26.2 Å². The van der Waals surface area contributed by atoms with Gasteiger partial charge in [-0.15, -0.1) is 0 Å². The Morgan fingerprint density at radius 2 is 1.58 bits per heavy atom. The van der Waals surface area contributed by atoms with E-state index in [-0.39, 0.29) is 5.60 Å². The molecule has 74 valence electrons. The number of hydrogen-bond acceptors (Lipinski definition) is 2. The Kier molecular flexibility index (Phi) is 6.39. The van der Waals surface area contributed by atoms with Gasteiger partial charge in [0.05, 0.1) is 6.61 Å². The first-order chi connectivity index (χ1) is 5.74. The molecule has 0 aromatic rings. The molecule has 0 rings (SSSR count). The summed E-state index contributed by atoms with van der Waals surface area (Å²) in [5.41, 5.74) is -0.0369. The van der Waals surface area contributed by atoms with Crippen LogP contribution in [-0.4, -0.2) is 12.2 Å². The lowest BCUT2D eigenvalue weighted by atomic mass is 9.92. The Morgan fingerprint density at radius 3 is 1.92 bits per heavy atom. The van der Waals surface area contributed by atoms with E-state index in [4.69, 9.17) is 9.78 Å². The fraction of sp³-hybridized carbons (Fsp3) is 1.00. The fourth-order valence-corrected chi connectivity index (χ4v) is 1.40. The molecule has 0 saturated carbocycles. The summed E-state index contributed by atoms with van der Waals surface area (Å²) >= 11 is 0. The van der Waals surface area contributed by atoms with Crippen LogP contribution in [0.15, 0.2) is 0 Å². The van der Waals surface area contributed by atoms with Crippen molar-refractivity contribution in [3.63, 3.8) is 0 Å². The lowest BCUT2D eigenvalue weighted by Gasteiger charge is -2.29. The molecular weight excluding hydrogens is 152 g/mol. The summed E-state index contributed by atoms with van der Waals surface area (Å²) in [4.78, 5) is 10.5. The van der Waals surface area contributed by atoms with Crippen molar-refractivity contribution in [2.45, 2.75) is 59.0 Å². The molecule has 0 atom stereocenters. The Bertz CT molecular complexity index is 98.0. The maximum absolute atomic E-state index is 5.42. The van der Waals surface area contributed by atoms with Gasteiger partial charge in [-0.25, -0.2) is 9.78 Å². The minimum atomic E-state index is -0.0369. The largest absolute Gasteiger partial charge is 0.236 e. The van der Waals surface area contributed by atoms with Gasteiger partial charge in [-0.1, -0.05) is 27.2 Å². The molecule has 0 unspecified atom stereocenters. The normalized spacial score (nSPS) is 12.0. The van der Waals surface area contributed by atoms with Gasteiger partial charge >= 0.3 is 0 Å². The molecule has 0 fully saturated rings. The van der Waals surface area contributed by atoms with E-state index in [0.717, 1.165) is 25.7 Å². The van der Waals surface area contributed by atoms with Gasteiger partial charge in [0.15, 0.2) is 0 Å². The summed E-state index contributed by atoms with van der Waals surface area (Å²) in [5, 5.41) is 0. The molecule has 2 nitrogen and oxygen atoms in total. The maximum atomic E-state index is 5.42. The summed E-state index contributed by atoms with van der Waals surface area (Å²) in [6.07, 6.45) is 4.28. The van der Waals surface area contributed by atoms with Crippen molar-refractivity contribution in [1.82, 2.24) is 0 Å². The minimum absolute atomic E-state index is 0.0369. The SMILES string of the molecule is CCCC(CC)(CC)OOCC. The van der Waals surface area contributed by atoms with E-state index in [1.165, 1.54) is 0 Å². The number of rotatable bonds is 7. The molecule has 0 aromatic heterocycles. The van der Waals surface area contributed by atoms with Crippen LogP contribution in [0.25, 0.3) is 0 Å². The monoisotopic (exact) mass is 174 g/mol. The first-order valence-electron chi connectivity index (χ1n) is 5.05. The second kappa shape index (κ2) is 6.44. The Hall–Kier alpha value is -0.0800. The van der Waals surface area contributed by atoms with Crippen LogP contribution in [0.4, 0.5) is 0 Å². The van der Waals surface area contributed by atoms with Crippen molar-refractivity contribution in [2.75, 3.05) is 6.61 Å². The summed E-state index contributed by atoms with van der Waals surface area (Å²) in [6, 6.07) is 0. The second-order valence-electron chi connectivity index (χ2n) is 3.13. The zero-order valence-corrected chi connectivity index (χ0v) is 8.85. The average Bonchev–Trinajstić information content (AvgIpc) is 2.13. The molecule has 0 N–H and O–H groups in total. The van der Waals surface area contributed by atoms with Crippen molar-refractivity contribution in [1.29, 1.82) is 0 Å². The Morgan fingerprint density at radius 1 is 1.00 bits per heavy atom. The van der Waals surface area contributed by atoms with Gasteiger partial charge in [-0.2, -0.15) is 0 Å². The molecule has 0 aliphatic heterocycles. The Labute approximate surface area is 76.2 Å². The van der Waals surface area contributed by atoms with Gasteiger partial charge in [-0.3, -0.25) is 0 Å². The highest BCUT2D eigenvalue weighted by molar-refractivity contribution is 4.75. The minimum Gasteiger partial charge on any atom is -0.236 e. The summed E-state index contributed by atoms with van der Waals surface area (Å²) in [6.45, 7) is 9.05. The molecular formula is C10H22O2. The highest BCUT2D eigenvalue weighted by Crippen LogP contribution is 2.26. The van der Waals surface area contributed by atoms with Crippen LogP contribution in [0.3, 0.4) is 0 Å². The summed E-state index contributed by atoms with van der Waals surface area (Å²) < 4.78 is 0. The van der Waals surface area contributed by atoms with Crippen LogP contribution in [0.1, 0.15) is 53.4 Å². The smallest absolute Gasteiger partial charge is 0.103 e. The molecule has 0 aliphatic carbocycles. The van der Waals surface area contributed by atoms with Crippen LogP contribution >= 0.6 is 0 Å². The predicted octanol–water partition coefficient (Wildman–Crippen LogP) is 3.31. The van der Waals surface area contributed by atoms with Gasteiger partial charge in [0, 0.05) is 0 Å². The van der Waals surface area contributed by atoms with E-state index < -0.39 is 0 Å². The predicted molar refractivity (Wildman–Crippen MR) is 50.9 cm³/mol. The highest BCUT2D eigenvalue weighted by Gasteiger charge is 2.27. The van der Waals surface area contributed by atoms with E-state index in [9.17, 15) is 0 Å². The summed E-state index contributed by atoms with van der Waals surface area (Å²) in [5.74, 6) is 0. The molecule has 12 heavy (non-hydrogen) atoms. The van der Waals surface area contributed by atoms with Crippen LogP contribution in [0, 0.1) is 0 Å². The van der Waals surface area contributed by atoms with Crippen LogP contribution < -0.4 is 0 Å². The quantitative estimate of drug-likeness (QED) is 0.435. The maximum Gasteiger partial charge on any atom is 0.103 e. The zero-order chi connectivity index (χ0) is 9.45. The van der Waals surface area contributed by atoms with E-state index in [1.54, 1.807) is 0 Å². The van der Waals surface area contributed by atoms with Crippen molar-refractivity contribution >= 4 is 0 Å². The lowest BCUT2D eigenvalue weighted by molar-refractivity contribution is -0.362. The molecule has 0 bridgehead atoms. The third-order valence-electron chi connectivity index (χ3n) is 2.35. The first kappa shape index (κ1) is 11.9. The highest BCUT2D eigenvalue weighted by atomic mass is 17.2. The average molecular weight is 174 g/mol. The van der Waals surface area contributed by atoms with Gasteiger partial charge in [0.2, 0.25) is 0 Å². The molecule has 0 aliphatic rings. The van der Waals surface area contributed by atoms with E-state index in [0.29, 0.717) is 6.61 Å². The number of hydrogen-bond donors (Lipinski definition) is 0. The first-order valence-corrected chi connectivity index (χ1v) is 5.05. The fourth-order valence-electron chi connectivity index (χ4n) is 1.40.